The zero-order valence-corrected chi connectivity index (χ0v) is 7.72. The van der Waals surface area contributed by atoms with Gasteiger partial charge >= 0.3 is 5.97 Å². The third-order valence-corrected chi connectivity index (χ3v) is 1.82. The van der Waals surface area contributed by atoms with Gasteiger partial charge in [0.25, 0.3) is 5.88 Å². The molecule has 2 heterocycles. The molecule has 0 amide bonds. The Kier molecular flexibility index (Phi) is 2.13. The van der Waals surface area contributed by atoms with Crippen LogP contribution in [0.15, 0.2) is 16.8 Å². The number of nitrogens with zero attached hydrogens (tertiary/aromatic N) is 2. The number of carboxylic acids is 1. The van der Waals surface area contributed by atoms with Gasteiger partial charge in [0.1, 0.15) is 5.69 Å². The number of aromatic carboxylic acids is 1. The SMILES string of the molecule is COc1nonc1-c1ccc(C(=O)O)[nH]1. The first kappa shape index (κ1) is 9.25. The average Bonchev–Trinajstić information content (AvgIpc) is 2.85. The molecule has 0 unspecified atom stereocenters. The second kappa shape index (κ2) is 3.45. The van der Waals surface area contributed by atoms with Crippen molar-refractivity contribution in [2.24, 2.45) is 0 Å². The Balaban J connectivity index is 2.41. The van der Waals surface area contributed by atoms with Crippen LogP contribution in [-0.4, -0.2) is 33.5 Å². The van der Waals surface area contributed by atoms with Crippen molar-refractivity contribution < 1.29 is 19.3 Å². The van der Waals surface area contributed by atoms with Crippen LogP contribution in [0.5, 0.6) is 5.88 Å². The molecular weight excluding hydrogens is 202 g/mol. The van der Waals surface area contributed by atoms with Crippen LogP contribution in [0, 0.1) is 0 Å². The lowest BCUT2D eigenvalue weighted by Gasteiger charge is -1.93. The van der Waals surface area contributed by atoms with E-state index in [2.05, 4.69) is 19.9 Å². The average molecular weight is 209 g/mol. The molecule has 0 saturated heterocycles. The van der Waals surface area contributed by atoms with E-state index in [9.17, 15) is 4.79 Å². The van der Waals surface area contributed by atoms with E-state index < -0.39 is 5.97 Å². The summed E-state index contributed by atoms with van der Waals surface area (Å²) in [6.45, 7) is 0. The van der Waals surface area contributed by atoms with Crippen molar-refractivity contribution in [1.82, 2.24) is 15.3 Å². The highest BCUT2D eigenvalue weighted by atomic mass is 16.6. The molecule has 15 heavy (non-hydrogen) atoms. The van der Waals surface area contributed by atoms with Crippen LogP contribution in [0.1, 0.15) is 10.5 Å². The molecule has 2 N–H and O–H groups in total. The van der Waals surface area contributed by atoms with E-state index in [1.165, 1.54) is 13.2 Å². The molecule has 0 aliphatic heterocycles. The van der Waals surface area contributed by atoms with Gasteiger partial charge in [-0.05, 0) is 22.4 Å². The Morgan fingerprint density at radius 3 is 2.93 bits per heavy atom. The molecule has 0 saturated carbocycles. The van der Waals surface area contributed by atoms with Crippen molar-refractivity contribution in [2.45, 2.75) is 0 Å². The first-order valence-corrected chi connectivity index (χ1v) is 4.01. The zero-order chi connectivity index (χ0) is 10.8. The minimum Gasteiger partial charge on any atom is -0.477 e. The van der Waals surface area contributed by atoms with Gasteiger partial charge in [-0.1, -0.05) is 0 Å². The molecule has 0 aromatic carbocycles. The van der Waals surface area contributed by atoms with E-state index >= 15 is 0 Å². The van der Waals surface area contributed by atoms with Gasteiger partial charge in [0.2, 0.25) is 0 Å². The summed E-state index contributed by atoms with van der Waals surface area (Å²) in [6.07, 6.45) is 0. The number of methoxy groups -OCH3 is 1. The van der Waals surface area contributed by atoms with Crippen molar-refractivity contribution in [3.63, 3.8) is 0 Å². The summed E-state index contributed by atoms with van der Waals surface area (Å²) in [5.74, 6) is -0.842. The van der Waals surface area contributed by atoms with Gasteiger partial charge in [0.05, 0.1) is 12.8 Å². The fraction of sp³-hybridized carbons (Fsp3) is 0.125. The van der Waals surface area contributed by atoms with E-state index in [0.717, 1.165) is 0 Å². The standard InChI is InChI=1S/C8H7N3O4/c1-14-7-6(10-15-11-7)4-2-3-5(9-4)8(12)13/h2-3,9H,1H3,(H,12,13). The maximum atomic E-state index is 10.6. The number of aromatic nitrogens is 3. The largest absolute Gasteiger partial charge is 0.477 e. The van der Waals surface area contributed by atoms with Gasteiger partial charge in [-0.3, -0.25) is 0 Å². The van der Waals surface area contributed by atoms with Crippen LogP contribution in [0.4, 0.5) is 0 Å². The quantitative estimate of drug-likeness (QED) is 0.774. The third kappa shape index (κ3) is 1.54. The summed E-state index contributed by atoms with van der Waals surface area (Å²) < 4.78 is 9.34. The van der Waals surface area contributed by atoms with E-state index in [1.807, 2.05) is 0 Å². The van der Waals surface area contributed by atoms with Crippen molar-refractivity contribution in [3.8, 4) is 17.3 Å². The van der Waals surface area contributed by atoms with Crippen molar-refractivity contribution in [1.29, 1.82) is 0 Å². The number of carbonyl (C=O) groups is 1. The van der Waals surface area contributed by atoms with Crippen LogP contribution >= 0.6 is 0 Å². The highest BCUT2D eigenvalue weighted by Gasteiger charge is 2.15. The van der Waals surface area contributed by atoms with E-state index in [-0.39, 0.29) is 11.6 Å². The third-order valence-electron chi connectivity index (χ3n) is 1.82. The summed E-state index contributed by atoms with van der Waals surface area (Å²) in [6, 6.07) is 2.98. The molecule has 0 bridgehead atoms. The molecule has 7 nitrogen and oxygen atoms in total. The van der Waals surface area contributed by atoms with Crippen molar-refractivity contribution in [2.75, 3.05) is 7.11 Å². The second-order valence-electron chi connectivity index (χ2n) is 2.71. The molecule has 0 fully saturated rings. The summed E-state index contributed by atoms with van der Waals surface area (Å²) in [5, 5.41) is 15.8. The summed E-state index contributed by atoms with van der Waals surface area (Å²) >= 11 is 0. The fourth-order valence-corrected chi connectivity index (χ4v) is 1.14. The highest BCUT2D eigenvalue weighted by molar-refractivity contribution is 5.86. The number of H-pyrrole nitrogens is 1. The monoisotopic (exact) mass is 209 g/mol. The first-order valence-electron chi connectivity index (χ1n) is 4.01. The number of ether oxygens (including phenoxy) is 1. The Bertz CT molecular complexity index is 488. The minimum absolute atomic E-state index is 0.0649. The van der Waals surface area contributed by atoms with Gasteiger partial charge < -0.3 is 14.8 Å². The molecule has 0 spiro atoms. The van der Waals surface area contributed by atoms with Gasteiger partial charge in [0, 0.05) is 0 Å². The number of rotatable bonds is 3. The fourth-order valence-electron chi connectivity index (χ4n) is 1.14. The number of carboxylic acid groups (broad SMARTS) is 1. The Morgan fingerprint density at radius 2 is 2.33 bits per heavy atom. The van der Waals surface area contributed by atoms with E-state index in [0.29, 0.717) is 11.4 Å². The normalized spacial score (nSPS) is 10.2. The molecule has 0 aliphatic carbocycles. The zero-order valence-electron chi connectivity index (χ0n) is 7.72. The van der Waals surface area contributed by atoms with Gasteiger partial charge in [-0.25, -0.2) is 9.42 Å². The van der Waals surface area contributed by atoms with Crippen LogP contribution in [0.2, 0.25) is 0 Å². The first-order chi connectivity index (χ1) is 7.22. The molecule has 0 aliphatic rings. The Labute approximate surface area is 83.6 Å². The molecular formula is C8H7N3O4. The highest BCUT2D eigenvalue weighted by Crippen LogP contribution is 2.24. The molecule has 2 aromatic rings. The lowest BCUT2D eigenvalue weighted by Crippen LogP contribution is -1.96. The van der Waals surface area contributed by atoms with E-state index in [4.69, 9.17) is 9.84 Å². The van der Waals surface area contributed by atoms with Gasteiger partial charge in [0.15, 0.2) is 5.69 Å². The number of hydrogen-bond acceptors (Lipinski definition) is 5. The minimum atomic E-state index is -1.04. The molecule has 2 aromatic heterocycles. The lowest BCUT2D eigenvalue weighted by atomic mass is 10.3. The van der Waals surface area contributed by atoms with Gasteiger partial charge in [-0.2, -0.15) is 0 Å². The number of hydrogen-bond donors (Lipinski definition) is 2. The van der Waals surface area contributed by atoms with E-state index in [1.54, 1.807) is 6.07 Å². The smallest absolute Gasteiger partial charge is 0.352 e. The van der Waals surface area contributed by atoms with Gasteiger partial charge in [-0.15, -0.1) is 0 Å². The molecule has 0 atom stereocenters. The maximum Gasteiger partial charge on any atom is 0.352 e. The summed E-state index contributed by atoms with van der Waals surface area (Å²) in [5.41, 5.74) is 0.880. The predicted molar refractivity (Wildman–Crippen MR) is 47.6 cm³/mol. The van der Waals surface area contributed by atoms with Crippen LogP contribution < -0.4 is 4.74 Å². The van der Waals surface area contributed by atoms with Crippen LogP contribution in [0.25, 0.3) is 11.4 Å². The van der Waals surface area contributed by atoms with Crippen LogP contribution in [-0.2, 0) is 0 Å². The second-order valence-corrected chi connectivity index (χ2v) is 2.71. The van der Waals surface area contributed by atoms with Crippen molar-refractivity contribution in [3.05, 3.63) is 17.8 Å². The van der Waals surface area contributed by atoms with Crippen LogP contribution in [0.3, 0.4) is 0 Å². The molecule has 7 heteroatoms. The van der Waals surface area contributed by atoms with Crippen molar-refractivity contribution >= 4 is 5.97 Å². The molecule has 0 radical (unpaired) electrons. The lowest BCUT2D eigenvalue weighted by molar-refractivity contribution is 0.0691. The molecule has 2 rings (SSSR count). The summed E-state index contributed by atoms with van der Waals surface area (Å²) in [7, 11) is 1.42. The number of aromatic amines is 1. The summed E-state index contributed by atoms with van der Waals surface area (Å²) in [4.78, 5) is 13.3. The topological polar surface area (TPSA) is 101 Å². The predicted octanol–water partition coefficient (Wildman–Crippen LogP) is 0.771. The Morgan fingerprint density at radius 1 is 1.53 bits per heavy atom. The molecule has 78 valence electrons. The maximum absolute atomic E-state index is 10.6. The Hall–Kier alpha value is -2.31. The number of nitrogens with one attached hydrogen (secondary N) is 1.